The highest BCUT2D eigenvalue weighted by Crippen LogP contribution is 2.56. The molecule has 0 saturated heterocycles. The summed E-state index contributed by atoms with van der Waals surface area (Å²) < 4.78 is 119. The molecule has 4 aromatic carbocycles. The average molecular weight is 825 g/mol. The number of alkyl halides is 6. The summed E-state index contributed by atoms with van der Waals surface area (Å²) in [4.78, 5) is 47.3. The largest absolute Gasteiger partial charge is 0.457 e. The number of hydrogen-bond acceptors (Lipinski definition) is 10. The van der Waals surface area contributed by atoms with Gasteiger partial charge in [-0.15, -0.1) is 0 Å². The van der Waals surface area contributed by atoms with Gasteiger partial charge in [-0.05, 0) is 108 Å². The molecule has 0 aromatic heterocycles. The van der Waals surface area contributed by atoms with Crippen LogP contribution < -0.4 is 18.9 Å². The quantitative estimate of drug-likeness (QED) is 0.0356. The van der Waals surface area contributed by atoms with Crippen LogP contribution in [-0.4, -0.2) is 49.8 Å². The Morgan fingerprint density at radius 3 is 1.17 bits per heavy atom. The van der Waals surface area contributed by atoms with Crippen LogP contribution in [0.4, 0.5) is 26.3 Å². The molecule has 59 heavy (non-hydrogen) atoms. The standard InChI is InChI=1S/C43H34F6O10/c1-5-37(50)56-25-54-35-15-7-29(27(3)23-35)9-21-39(52)58-33-17-11-31(12-18-33)41(42(44,45)46,43(47,48)49)32-13-19-34(20-14-32)59-40(53)22-10-30-8-16-36(24-28(30)4)55-26-57-38(51)6-2/h5-24H,1-2,25-26H2,3-4H3. The minimum absolute atomic E-state index is 0.336. The maximum atomic E-state index is 14.7. The van der Waals surface area contributed by atoms with Crippen molar-refractivity contribution in [1.29, 1.82) is 0 Å². The lowest BCUT2D eigenvalue weighted by molar-refractivity contribution is -0.288. The third-order valence-electron chi connectivity index (χ3n) is 8.33. The Balaban J connectivity index is 1.46. The van der Waals surface area contributed by atoms with E-state index in [1.54, 1.807) is 38.1 Å². The van der Waals surface area contributed by atoms with E-state index in [-0.39, 0.29) is 25.1 Å². The van der Waals surface area contributed by atoms with E-state index in [0.29, 0.717) is 58.0 Å². The third-order valence-corrected chi connectivity index (χ3v) is 8.33. The van der Waals surface area contributed by atoms with Crippen LogP contribution in [0.3, 0.4) is 0 Å². The maximum absolute atomic E-state index is 14.7. The molecule has 0 unspecified atom stereocenters. The van der Waals surface area contributed by atoms with E-state index in [2.05, 4.69) is 13.2 Å². The molecule has 0 atom stereocenters. The molecule has 0 aliphatic heterocycles. The summed E-state index contributed by atoms with van der Waals surface area (Å²) in [7, 11) is 0. The van der Waals surface area contributed by atoms with Crippen LogP contribution in [0.5, 0.6) is 23.0 Å². The second-order valence-corrected chi connectivity index (χ2v) is 12.2. The van der Waals surface area contributed by atoms with E-state index in [4.69, 9.17) is 28.4 Å². The minimum atomic E-state index is -5.92. The van der Waals surface area contributed by atoms with Crippen molar-refractivity contribution in [3.05, 3.63) is 156 Å². The lowest BCUT2D eigenvalue weighted by Crippen LogP contribution is -2.54. The van der Waals surface area contributed by atoms with Gasteiger partial charge in [0.1, 0.15) is 23.0 Å². The Morgan fingerprint density at radius 2 is 0.864 bits per heavy atom. The van der Waals surface area contributed by atoms with Gasteiger partial charge in [-0.1, -0.05) is 49.6 Å². The van der Waals surface area contributed by atoms with Crippen LogP contribution in [0.2, 0.25) is 0 Å². The van der Waals surface area contributed by atoms with Crippen molar-refractivity contribution < 1.29 is 73.9 Å². The SMILES string of the molecule is C=CC(=O)OCOc1ccc(C=CC(=O)Oc2ccc(C(c3ccc(OC(=O)C=Cc4ccc(OCOC(=O)C=C)cc4C)cc3)(C(F)(F)F)C(F)(F)F)cc2)c(C)c1. The molecule has 0 radical (unpaired) electrons. The monoisotopic (exact) mass is 824 g/mol. The molecule has 0 fully saturated rings. The fourth-order valence-corrected chi connectivity index (χ4v) is 5.42. The number of ether oxygens (including phenoxy) is 6. The lowest BCUT2D eigenvalue weighted by Gasteiger charge is -2.38. The first kappa shape index (κ1) is 44.6. The van der Waals surface area contributed by atoms with Crippen LogP contribution in [-0.2, 0) is 34.1 Å². The van der Waals surface area contributed by atoms with Crippen molar-refractivity contribution in [1.82, 2.24) is 0 Å². The fourth-order valence-electron chi connectivity index (χ4n) is 5.42. The van der Waals surface area contributed by atoms with Crippen LogP contribution in [0.1, 0.15) is 33.4 Å². The van der Waals surface area contributed by atoms with Gasteiger partial charge in [0.15, 0.2) is 0 Å². The number of halogens is 6. The molecule has 0 spiro atoms. The smallest absolute Gasteiger partial charge is 0.411 e. The van der Waals surface area contributed by atoms with Gasteiger partial charge in [-0.3, -0.25) is 0 Å². The van der Waals surface area contributed by atoms with E-state index in [9.17, 15) is 45.5 Å². The molecule has 0 amide bonds. The molecule has 10 nitrogen and oxygen atoms in total. The third kappa shape index (κ3) is 11.5. The molecule has 308 valence electrons. The summed E-state index contributed by atoms with van der Waals surface area (Å²) in [6.07, 6.45) is -5.15. The maximum Gasteiger partial charge on any atom is 0.411 e. The Bertz CT molecular complexity index is 2080. The Labute approximate surface area is 333 Å². The molecule has 0 N–H and O–H groups in total. The number of rotatable bonds is 16. The molecule has 16 heteroatoms. The number of hydrogen-bond donors (Lipinski definition) is 0. The van der Waals surface area contributed by atoms with Crippen molar-refractivity contribution in [3.63, 3.8) is 0 Å². The van der Waals surface area contributed by atoms with Crippen LogP contribution >= 0.6 is 0 Å². The molecular weight excluding hydrogens is 790 g/mol. The fraction of sp³-hybridized carbons (Fsp3) is 0.163. The summed E-state index contributed by atoms with van der Waals surface area (Å²) in [6.45, 7) is 9.18. The molecule has 0 saturated carbocycles. The molecule has 0 bridgehead atoms. The number of esters is 4. The summed E-state index contributed by atoms with van der Waals surface area (Å²) in [5.74, 6) is -3.27. The van der Waals surface area contributed by atoms with Gasteiger partial charge in [0.2, 0.25) is 19.0 Å². The van der Waals surface area contributed by atoms with Crippen LogP contribution in [0.25, 0.3) is 12.2 Å². The first-order valence-electron chi connectivity index (χ1n) is 17.1. The first-order valence-corrected chi connectivity index (χ1v) is 17.1. The Morgan fingerprint density at radius 1 is 0.525 bits per heavy atom. The van der Waals surface area contributed by atoms with Gasteiger partial charge < -0.3 is 28.4 Å². The van der Waals surface area contributed by atoms with E-state index < -0.39 is 52.8 Å². The van der Waals surface area contributed by atoms with Gasteiger partial charge in [-0.25, -0.2) is 19.2 Å². The molecule has 0 aliphatic carbocycles. The normalized spacial score (nSPS) is 11.8. The van der Waals surface area contributed by atoms with Crippen LogP contribution in [0, 0.1) is 13.8 Å². The Hall–Kier alpha value is -7.10. The van der Waals surface area contributed by atoms with E-state index >= 15 is 0 Å². The highest BCUT2D eigenvalue weighted by atomic mass is 19.4. The molecule has 0 heterocycles. The Kier molecular flexibility index (Phi) is 14.6. The average Bonchev–Trinajstić information content (AvgIpc) is 3.17. The molecule has 4 aromatic rings. The zero-order valence-corrected chi connectivity index (χ0v) is 31.2. The predicted molar refractivity (Wildman–Crippen MR) is 201 cm³/mol. The van der Waals surface area contributed by atoms with Gasteiger partial charge in [-0.2, -0.15) is 26.3 Å². The van der Waals surface area contributed by atoms with Gasteiger partial charge in [0.25, 0.3) is 0 Å². The summed E-state index contributed by atoms with van der Waals surface area (Å²) in [5, 5.41) is 0. The minimum Gasteiger partial charge on any atom is -0.457 e. The molecule has 0 aliphatic rings. The predicted octanol–water partition coefficient (Wildman–Crippen LogP) is 9.08. The van der Waals surface area contributed by atoms with Crippen molar-refractivity contribution in [2.75, 3.05) is 13.6 Å². The second-order valence-electron chi connectivity index (χ2n) is 12.2. The zero-order valence-electron chi connectivity index (χ0n) is 31.2. The van der Waals surface area contributed by atoms with Crippen molar-refractivity contribution in [2.45, 2.75) is 31.6 Å². The van der Waals surface area contributed by atoms with E-state index in [0.717, 1.165) is 48.6 Å². The highest BCUT2D eigenvalue weighted by molar-refractivity contribution is 5.89. The van der Waals surface area contributed by atoms with Gasteiger partial charge in [0.05, 0.1) is 0 Å². The van der Waals surface area contributed by atoms with Crippen LogP contribution in [0.15, 0.2) is 122 Å². The second kappa shape index (κ2) is 19.4. The highest BCUT2D eigenvalue weighted by Gasteiger charge is 2.72. The number of carbonyl (C=O) groups excluding carboxylic acids is 4. The summed E-state index contributed by atoms with van der Waals surface area (Å²) in [5.41, 5.74) is -4.62. The van der Waals surface area contributed by atoms with Crippen molar-refractivity contribution >= 4 is 36.0 Å². The summed E-state index contributed by atoms with van der Waals surface area (Å²) >= 11 is 0. The number of carbonyl (C=O) groups is 4. The van der Waals surface area contributed by atoms with E-state index in [1.165, 1.54) is 24.3 Å². The van der Waals surface area contributed by atoms with Crippen molar-refractivity contribution in [3.8, 4) is 23.0 Å². The lowest BCUT2D eigenvalue weighted by atomic mass is 9.73. The van der Waals surface area contributed by atoms with Crippen molar-refractivity contribution in [2.24, 2.45) is 0 Å². The van der Waals surface area contributed by atoms with Gasteiger partial charge in [0, 0.05) is 24.3 Å². The van der Waals surface area contributed by atoms with E-state index in [1.807, 2.05) is 0 Å². The number of benzene rings is 4. The van der Waals surface area contributed by atoms with Gasteiger partial charge >= 0.3 is 36.2 Å². The molecule has 4 rings (SSSR count). The molecular formula is C43H34F6O10. The topological polar surface area (TPSA) is 124 Å². The zero-order chi connectivity index (χ0) is 43.4. The summed E-state index contributed by atoms with van der Waals surface area (Å²) in [6, 6.07) is 14.8. The number of aryl methyl sites for hydroxylation is 2. The first-order chi connectivity index (χ1) is 27.9.